The number of nitrogens with one attached hydrogen (secondary N) is 2. The number of hydrogen-bond acceptors (Lipinski definition) is 3. The number of nitrogens with zero attached hydrogens (tertiary/aromatic N) is 1. The number of carbonyl (C=O) groups is 2. The van der Waals surface area contributed by atoms with Gasteiger partial charge in [0.05, 0.1) is 6.07 Å². The van der Waals surface area contributed by atoms with Gasteiger partial charge < -0.3 is 10.6 Å². The van der Waals surface area contributed by atoms with Crippen LogP contribution in [-0.2, 0) is 9.59 Å². The summed E-state index contributed by atoms with van der Waals surface area (Å²) in [7, 11) is 0. The lowest BCUT2D eigenvalue weighted by atomic mass is 10.2. The lowest BCUT2D eigenvalue weighted by Gasteiger charge is -2.07. The third-order valence-corrected chi connectivity index (χ3v) is 1.98. The molecular formula is C11H10FN3O2. The van der Waals surface area contributed by atoms with Crippen LogP contribution in [-0.4, -0.2) is 18.4 Å². The standard InChI is InChI=1S/C11H10FN3O2/c1-7-2-3-8(12)6-9(7)15-11(17)10(16)14-5-4-13/h2-3,6H,5H2,1H3,(H,14,16)(H,15,17). The molecule has 1 rings (SSSR count). The molecule has 0 aliphatic rings. The quantitative estimate of drug-likeness (QED) is 0.585. The molecular weight excluding hydrogens is 225 g/mol. The average molecular weight is 235 g/mol. The predicted octanol–water partition coefficient (Wildman–Crippen LogP) is 0.712. The summed E-state index contributed by atoms with van der Waals surface area (Å²) in [6, 6.07) is 5.52. The van der Waals surface area contributed by atoms with Crippen LogP contribution in [0.4, 0.5) is 10.1 Å². The van der Waals surface area contributed by atoms with Crippen LogP contribution < -0.4 is 10.6 Å². The molecule has 5 nitrogen and oxygen atoms in total. The second-order valence-corrected chi connectivity index (χ2v) is 3.25. The normalized spacial score (nSPS) is 9.24. The molecule has 0 spiro atoms. The third-order valence-electron chi connectivity index (χ3n) is 1.98. The summed E-state index contributed by atoms with van der Waals surface area (Å²) in [5.41, 5.74) is 0.856. The van der Waals surface area contributed by atoms with Crippen molar-refractivity contribution in [2.45, 2.75) is 6.92 Å². The molecule has 1 aromatic carbocycles. The Bertz CT molecular complexity index is 494. The van der Waals surface area contributed by atoms with Gasteiger partial charge >= 0.3 is 11.8 Å². The van der Waals surface area contributed by atoms with E-state index in [1.54, 1.807) is 13.0 Å². The average Bonchev–Trinajstić information content (AvgIpc) is 2.30. The molecule has 0 radical (unpaired) electrons. The van der Waals surface area contributed by atoms with E-state index >= 15 is 0 Å². The molecule has 88 valence electrons. The molecule has 0 bridgehead atoms. The van der Waals surface area contributed by atoms with E-state index in [0.29, 0.717) is 5.56 Å². The van der Waals surface area contributed by atoms with E-state index in [9.17, 15) is 14.0 Å². The highest BCUT2D eigenvalue weighted by molar-refractivity contribution is 6.39. The Morgan fingerprint density at radius 2 is 2.12 bits per heavy atom. The molecule has 2 amide bonds. The first-order chi connectivity index (χ1) is 8.04. The number of carbonyl (C=O) groups excluding carboxylic acids is 2. The molecule has 1 aromatic rings. The number of aryl methyl sites for hydroxylation is 1. The first-order valence-corrected chi connectivity index (χ1v) is 4.77. The minimum atomic E-state index is -0.936. The Hall–Kier alpha value is -2.42. The molecule has 0 aromatic heterocycles. The Morgan fingerprint density at radius 3 is 2.76 bits per heavy atom. The maximum Gasteiger partial charge on any atom is 0.313 e. The molecule has 17 heavy (non-hydrogen) atoms. The van der Waals surface area contributed by atoms with E-state index in [0.717, 1.165) is 6.07 Å². The van der Waals surface area contributed by atoms with Crippen molar-refractivity contribution in [3.8, 4) is 6.07 Å². The Balaban J connectivity index is 2.71. The summed E-state index contributed by atoms with van der Waals surface area (Å²) in [5, 5.41) is 12.6. The smallest absolute Gasteiger partial charge is 0.313 e. The molecule has 6 heteroatoms. The van der Waals surface area contributed by atoms with Gasteiger partial charge in [-0.05, 0) is 24.6 Å². The number of amides is 2. The SMILES string of the molecule is Cc1ccc(F)cc1NC(=O)C(=O)NCC#N. The van der Waals surface area contributed by atoms with Crippen molar-refractivity contribution in [2.24, 2.45) is 0 Å². The zero-order valence-electron chi connectivity index (χ0n) is 9.08. The second-order valence-electron chi connectivity index (χ2n) is 3.25. The molecule has 0 saturated heterocycles. The fourth-order valence-electron chi connectivity index (χ4n) is 1.11. The van der Waals surface area contributed by atoms with Crippen molar-refractivity contribution >= 4 is 17.5 Å². The summed E-state index contributed by atoms with van der Waals surface area (Å²) in [6.07, 6.45) is 0. The number of halogens is 1. The van der Waals surface area contributed by atoms with Gasteiger partial charge in [-0.25, -0.2) is 4.39 Å². The topological polar surface area (TPSA) is 82.0 Å². The number of anilines is 1. The minimum absolute atomic E-state index is 0.224. The number of benzene rings is 1. The van der Waals surface area contributed by atoms with Crippen LogP contribution in [0.5, 0.6) is 0 Å². The summed E-state index contributed by atoms with van der Waals surface area (Å²) in [4.78, 5) is 22.5. The molecule has 0 fully saturated rings. The lowest BCUT2D eigenvalue weighted by Crippen LogP contribution is -2.35. The van der Waals surface area contributed by atoms with Gasteiger partial charge in [0.25, 0.3) is 0 Å². The number of nitriles is 1. The first-order valence-electron chi connectivity index (χ1n) is 4.77. The Labute approximate surface area is 97.2 Å². The second kappa shape index (κ2) is 5.61. The van der Waals surface area contributed by atoms with Gasteiger partial charge in [-0.15, -0.1) is 0 Å². The molecule has 0 saturated carbocycles. The Morgan fingerprint density at radius 1 is 1.41 bits per heavy atom. The molecule has 0 atom stereocenters. The maximum atomic E-state index is 12.9. The van der Waals surface area contributed by atoms with Gasteiger partial charge in [0.15, 0.2) is 0 Å². The summed E-state index contributed by atoms with van der Waals surface area (Å²) in [5.74, 6) is -2.38. The van der Waals surface area contributed by atoms with Gasteiger partial charge in [-0.2, -0.15) is 5.26 Å². The van der Waals surface area contributed by atoms with E-state index in [-0.39, 0.29) is 12.2 Å². The third kappa shape index (κ3) is 3.57. The fourth-order valence-corrected chi connectivity index (χ4v) is 1.11. The highest BCUT2D eigenvalue weighted by Gasteiger charge is 2.14. The van der Waals surface area contributed by atoms with Crippen molar-refractivity contribution < 1.29 is 14.0 Å². The van der Waals surface area contributed by atoms with Crippen molar-refractivity contribution in [1.29, 1.82) is 5.26 Å². The monoisotopic (exact) mass is 235 g/mol. The number of rotatable bonds is 2. The van der Waals surface area contributed by atoms with Crippen LogP contribution >= 0.6 is 0 Å². The van der Waals surface area contributed by atoms with Gasteiger partial charge in [0.1, 0.15) is 12.4 Å². The predicted molar refractivity (Wildman–Crippen MR) is 58.4 cm³/mol. The first kappa shape index (κ1) is 12.6. The van der Waals surface area contributed by atoms with Crippen molar-refractivity contribution in [2.75, 3.05) is 11.9 Å². The molecule has 0 aliphatic carbocycles. The maximum absolute atomic E-state index is 12.9. The van der Waals surface area contributed by atoms with Crippen molar-refractivity contribution in [3.05, 3.63) is 29.6 Å². The zero-order chi connectivity index (χ0) is 12.8. The van der Waals surface area contributed by atoms with Gasteiger partial charge in [0.2, 0.25) is 0 Å². The molecule has 2 N–H and O–H groups in total. The van der Waals surface area contributed by atoms with E-state index < -0.39 is 17.6 Å². The summed E-state index contributed by atoms with van der Waals surface area (Å²) < 4.78 is 12.9. The van der Waals surface area contributed by atoms with Crippen LogP contribution in [0.3, 0.4) is 0 Å². The molecule has 0 unspecified atom stereocenters. The van der Waals surface area contributed by atoms with E-state index in [4.69, 9.17) is 5.26 Å². The van der Waals surface area contributed by atoms with Crippen LogP contribution in [0.1, 0.15) is 5.56 Å². The van der Waals surface area contributed by atoms with Crippen LogP contribution in [0.15, 0.2) is 18.2 Å². The molecule has 0 heterocycles. The van der Waals surface area contributed by atoms with Crippen molar-refractivity contribution in [1.82, 2.24) is 5.32 Å². The lowest BCUT2D eigenvalue weighted by molar-refractivity contribution is -0.136. The molecule has 0 aliphatic heterocycles. The Kier molecular flexibility index (Phi) is 4.17. The fraction of sp³-hybridized carbons (Fsp3) is 0.182. The van der Waals surface area contributed by atoms with E-state index in [1.165, 1.54) is 12.1 Å². The largest absolute Gasteiger partial charge is 0.335 e. The number of hydrogen-bond donors (Lipinski definition) is 2. The van der Waals surface area contributed by atoms with E-state index in [2.05, 4.69) is 10.6 Å². The van der Waals surface area contributed by atoms with Gasteiger partial charge in [-0.3, -0.25) is 9.59 Å². The highest BCUT2D eigenvalue weighted by Crippen LogP contribution is 2.15. The van der Waals surface area contributed by atoms with Gasteiger partial charge in [0, 0.05) is 5.69 Å². The summed E-state index contributed by atoms with van der Waals surface area (Å²) >= 11 is 0. The highest BCUT2D eigenvalue weighted by atomic mass is 19.1. The zero-order valence-corrected chi connectivity index (χ0v) is 9.08. The van der Waals surface area contributed by atoms with E-state index in [1.807, 2.05) is 0 Å². The van der Waals surface area contributed by atoms with Crippen LogP contribution in [0.25, 0.3) is 0 Å². The van der Waals surface area contributed by atoms with Crippen LogP contribution in [0, 0.1) is 24.1 Å². The van der Waals surface area contributed by atoms with Crippen molar-refractivity contribution in [3.63, 3.8) is 0 Å². The minimum Gasteiger partial charge on any atom is -0.335 e. The van der Waals surface area contributed by atoms with Gasteiger partial charge in [-0.1, -0.05) is 6.07 Å². The summed E-state index contributed by atoms with van der Waals surface area (Å²) in [6.45, 7) is 1.41. The van der Waals surface area contributed by atoms with Crippen LogP contribution in [0.2, 0.25) is 0 Å².